The second-order valence-corrected chi connectivity index (χ2v) is 10.8. The van der Waals surface area contributed by atoms with Crippen LogP contribution in [0.2, 0.25) is 0 Å². The minimum absolute atomic E-state index is 0.0288. The smallest absolute Gasteiger partial charge is 0.254 e. The van der Waals surface area contributed by atoms with Gasteiger partial charge in [-0.3, -0.25) is 4.79 Å². The first-order valence-electron chi connectivity index (χ1n) is 11.1. The molecular weight excluding hydrogens is 410 g/mol. The highest BCUT2D eigenvalue weighted by Gasteiger charge is 2.35. The number of amides is 1. The molecular formula is C25H33NO4S. The predicted molar refractivity (Wildman–Crippen MR) is 124 cm³/mol. The molecule has 1 fully saturated rings. The Morgan fingerprint density at radius 1 is 1.10 bits per heavy atom. The number of carbonyl (C=O) groups is 1. The molecule has 1 aliphatic rings. The van der Waals surface area contributed by atoms with Crippen LogP contribution in [0.3, 0.4) is 0 Å². The zero-order chi connectivity index (χ0) is 22.4. The van der Waals surface area contributed by atoms with Crippen molar-refractivity contribution in [2.75, 3.05) is 18.1 Å². The number of nitrogens with zero attached hydrogens (tertiary/aromatic N) is 1. The summed E-state index contributed by atoms with van der Waals surface area (Å²) in [5, 5.41) is 0. The maximum atomic E-state index is 13.4. The van der Waals surface area contributed by atoms with Crippen LogP contribution in [-0.2, 0) is 16.4 Å². The summed E-state index contributed by atoms with van der Waals surface area (Å²) < 4.78 is 29.9. The van der Waals surface area contributed by atoms with E-state index in [9.17, 15) is 13.2 Å². The zero-order valence-corrected chi connectivity index (χ0v) is 19.5. The van der Waals surface area contributed by atoms with E-state index in [1.165, 1.54) is 5.56 Å². The van der Waals surface area contributed by atoms with Crippen LogP contribution in [0.4, 0.5) is 0 Å². The van der Waals surface area contributed by atoms with E-state index in [-0.39, 0.29) is 23.5 Å². The maximum Gasteiger partial charge on any atom is 0.254 e. The van der Waals surface area contributed by atoms with Crippen LogP contribution < -0.4 is 4.74 Å². The summed E-state index contributed by atoms with van der Waals surface area (Å²) in [6.07, 6.45) is 2.53. The highest BCUT2D eigenvalue weighted by Crippen LogP contribution is 2.24. The number of carbonyl (C=O) groups excluding carboxylic acids is 1. The number of rotatable bonds is 9. The normalized spacial score (nSPS) is 17.6. The second-order valence-electron chi connectivity index (χ2n) is 8.61. The van der Waals surface area contributed by atoms with Gasteiger partial charge in [0, 0.05) is 18.2 Å². The Balaban J connectivity index is 1.79. The molecule has 0 N–H and O–H groups in total. The molecule has 1 saturated heterocycles. The van der Waals surface area contributed by atoms with Crippen molar-refractivity contribution in [3.8, 4) is 5.75 Å². The Bertz CT molecular complexity index is 966. The average molecular weight is 444 g/mol. The standard InChI is InChI=1S/C25H33NO4S/c1-4-5-15-30-24-12-10-22(11-13-24)25(27)26(23-14-16-31(28,29)18-23)17-20-6-8-21(9-7-20)19(2)3/h6-13,19,23H,4-5,14-18H2,1-3H3/t23-/m0/s1. The van der Waals surface area contributed by atoms with E-state index in [2.05, 4.69) is 32.9 Å². The molecule has 5 nitrogen and oxygen atoms in total. The van der Waals surface area contributed by atoms with Crippen LogP contribution in [0.25, 0.3) is 0 Å². The van der Waals surface area contributed by atoms with Crippen molar-refractivity contribution in [1.29, 1.82) is 0 Å². The Morgan fingerprint density at radius 2 is 1.77 bits per heavy atom. The van der Waals surface area contributed by atoms with Crippen molar-refractivity contribution in [3.05, 3.63) is 65.2 Å². The van der Waals surface area contributed by atoms with Crippen LogP contribution in [0.1, 0.15) is 67.4 Å². The molecule has 0 spiro atoms. The second kappa shape index (κ2) is 10.3. The number of hydrogen-bond donors (Lipinski definition) is 0. The van der Waals surface area contributed by atoms with Crippen molar-refractivity contribution in [1.82, 2.24) is 4.90 Å². The molecule has 0 aliphatic carbocycles. The molecule has 31 heavy (non-hydrogen) atoms. The molecule has 0 radical (unpaired) electrons. The molecule has 1 heterocycles. The van der Waals surface area contributed by atoms with Gasteiger partial charge in [0.15, 0.2) is 9.84 Å². The van der Waals surface area contributed by atoms with E-state index in [1.807, 2.05) is 24.3 Å². The number of benzene rings is 2. The van der Waals surface area contributed by atoms with Crippen molar-refractivity contribution < 1.29 is 17.9 Å². The molecule has 2 aromatic rings. The topological polar surface area (TPSA) is 63.7 Å². The van der Waals surface area contributed by atoms with Gasteiger partial charge in [-0.1, -0.05) is 51.5 Å². The quantitative estimate of drug-likeness (QED) is 0.521. The van der Waals surface area contributed by atoms with Crippen LogP contribution >= 0.6 is 0 Å². The minimum atomic E-state index is -3.10. The van der Waals surface area contributed by atoms with Gasteiger partial charge >= 0.3 is 0 Å². The number of sulfone groups is 1. The average Bonchev–Trinajstić information content (AvgIpc) is 3.12. The lowest BCUT2D eigenvalue weighted by molar-refractivity contribution is 0.0681. The molecule has 2 aromatic carbocycles. The SMILES string of the molecule is CCCCOc1ccc(C(=O)N(Cc2ccc(C(C)C)cc2)[C@H]2CCS(=O)(=O)C2)cc1. The van der Waals surface area contributed by atoms with E-state index < -0.39 is 9.84 Å². The number of hydrogen-bond acceptors (Lipinski definition) is 4. The Labute approximate surface area is 186 Å². The summed E-state index contributed by atoms with van der Waals surface area (Å²) in [6.45, 7) is 7.45. The van der Waals surface area contributed by atoms with E-state index in [0.717, 1.165) is 24.2 Å². The third-order valence-corrected chi connectivity index (χ3v) is 7.53. The summed E-state index contributed by atoms with van der Waals surface area (Å²) >= 11 is 0. The van der Waals surface area contributed by atoms with Gasteiger partial charge in [-0.15, -0.1) is 0 Å². The van der Waals surface area contributed by atoms with Crippen LogP contribution in [0, 0.1) is 0 Å². The zero-order valence-electron chi connectivity index (χ0n) is 18.7. The first-order valence-corrected chi connectivity index (χ1v) is 12.9. The Hall–Kier alpha value is -2.34. The lowest BCUT2D eigenvalue weighted by atomic mass is 10.0. The summed E-state index contributed by atoms with van der Waals surface area (Å²) in [5.41, 5.74) is 2.79. The predicted octanol–water partition coefficient (Wildman–Crippen LogP) is 4.82. The fourth-order valence-electron chi connectivity index (χ4n) is 3.79. The molecule has 0 aromatic heterocycles. The summed E-state index contributed by atoms with van der Waals surface area (Å²) in [6, 6.07) is 15.1. The van der Waals surface area contributed by atoms with Gasteiger partial charge in [-0.25, -0.2) is 8.42 Å². The fourth-order valence-corrected chi connectivity index (χ4v) is 5.52. The molecule has 0 saturated carbocycles. The summed E-state index contributed by atoms with van der Waals surface area (Å²) in [4.78, 5) is 15.1. The van der Waals surface area contributed by atoms with E-state index >= 15 is 0 Å². The molecule has 1 aliphatic heterocycles. The maximum absolute atomic E-state index is 13.4. The van der Waals surface area contributed by atoms with Crippen LogP contribution in [-0.4, -0.2) is 43.4 Å². The molecule has 0 bridgehead atoms. The monoisotopic (exact) mass is 443 g/mol. The molecule has 168 valence electrons. The van der Waals surface area contributed by atoms with Gasteiger partial charge in [-0.2, -0.15) is 0 Å². The Morgan fingerprint density at radius 3 is 2.32 bits per heavy atom. The van der Waals surface area contributed by atoms with Gasteiger partial charge in [-0.05, 0) is 54.2 Å². The van der Waals surface area contributed by atoms with Crippen molar-refractivity contribution in [2.24, 2.45) is 0 Å². The molecule has 0 unspecified atom stereocenters. The fraction of sp³-hybridized carbons (Fsp3) is 0.480. The van der Waals surface area contributed by atoms with E-state index in [0.29, 0.717) is 31.1 Å². The number of unbranched alkanes of at least 4 members (excludes halogenated alkanes) is 1. The molecule has 3 rings (SSSR count). The molecule has 1 atom stereocenters. The van der Waals surface area contributed by atoms with Crippen LogP contribution in [0.5, 0.6) is 5.75 Å². The molecule has 1 amide bonds. The lowest BCUT2D eigenvalue weighted by Crippen LogP contribution is -2.40. The van der Waals surface area contributed by atoms with Crippen molar-refractivity contribution in [3.63, 3.8) is 0 Å². The first-order chi connectivity index (χ1) is 14.8. The highest BCUT2D eigenvalue weighted by molar-refractivity contribution is 7.91. The van der Waals surface area contributed by atoms with Crippen molar-refractivity contribution >= 4 is 15.7 Å². The molecule has 6 heteroatoms. The Kier molecular flexibility index (Phi) is 7.76. The summed E-state index contributed by atoms with van der Waals surface area (Å²) in [7, 11) is -3.10. The van der Waals surface area contributed by atoms with E-state index in [1.54, 1.807) is 17.0 Å². The minimum Gasteiger partial charge on any atom is -0.494 e. The van der Waals surface area contributed by atoms with Gasteiger partial charge in [0.2, 0.25) is 0 Å². The van der Waals surface area contributed by atoms with Crippen LogP contribution in [0.15, 0.2) is 48.5 Å². The van der Waals surface area contributed by atoms with Gasteiger partial charge in [0.1, 0.15) is 5.75 Å². The van der Waals surface area contributed by atoms with Gasteiger partial charge in [0.25, 0.3) is 5.91 Å². The van der Waals surface area contributed by atoms with Gasteiger partial charge < -0.3 is 9.64 Å². The third kappa shape index (κ3) is 6.33. The lowest BCUT2D eigenvalue weighted by Gasteiger charge is -2.29. The largest absolute Gasteiger partial charge is 0.494 e. The first kappa shape index (κ1) is 23.3. The summed E-state index contributed by atoms with van der Waals surface area (Å²) in [5.74, 6) is 1.20. The van der Waals surface area contributed by atoms with Crippen molar-refractivity contribution in [2.45, 2.75) is 58.5 Å². The highest BCUT2D eigenvalue weighted by atomic mass is 32.2. The third-order valence-electron chi connectivity index (χ3n) is 5.78. The number of ether oxygens (including phenoxy) is 1. The van der Waals surface area contributed by atoms with E-state index in [4.69, 9.17) is 4.74 Å². The van der Waals surface area contributed by atoms with Gasteiger partial charge in [0.05, 0.1) is 18.1 Å².